The fraction of sp³-hybridized carbons (Fsp3) is 0.211. The second kappa shape index (κ2) is 10.5. The first kappa shape index (κ1) is 20.7. The Morgan fingerprint density at radius 2 is 2.00 bits per heavy atom. The number of rotatable bonds is 9. The van der Waals surface area contributed by atoms with E-state index < -0.39 is 11.7 Å². The second-order valence-electron chi connectivity index (χ2n) is 5.28. The fourth-order valence-electron chi connectivity index (χ4n) is 2.07. The van der Waals surface area contributed by atoms with Crippen LogP contribution in [-0.4, -0.2) is 43.1 Å². The summed E-state index contributed by atoms with van der Waals surface area (Å²) in [4.78, 5) is 30.2. The van der Waals surface area contributed by atoms with Gasteiger partial charge >= 0.3 is 0 Å². The molecule has 1 rings (SSSR count). The van der Waals surface area contributed by atoms with Crippen LogP contribution in [0, 0.1) is 0 Å². The standard InChI is InChI=1S/C19H24N4O3/c1-4-23(15-8-6-5-7-9-15)12-18(25)16(13-24)19(26)22-14(2)17(20)10-11-21-3/h5-11,13,24H,2,4,12,20H2,1,3H3,(H,22,26). The normalized spacial score (nSPS) is 12.1. The van der Waals surface area contributed by atoms with Crippen molar-refractivity contribution in [2.45, 2.75) is 6.92 Å². The number of allylic oxidation sites excluding steroid dienone is 1. The van der Waals surface area contributed by atoms with Crippen molar-refractivity contribution < 1.29 is 14.7 Å². The molecular weight excluding hydrogens is 332 g/mol. The predicted octanol–water partition coefficient (Wildman–Crippen LogP) is 1.70. The van der Waals surface area contributed by atoms with Crippen LogP contribution in [0.2, 0.25) is 0 Å². The van der Waals surface area contributed by atoms with Crippen LogP contribution in [0.4, 0.5) is 5.69 Å². The third-order valence-electron chi connectivity index (χ3n) is 3.53. The first-order chi connectivity index (χ1) is 12.4. The van der Waals surface area contributed by atoms with E-state index >= 15 is 0 Å². The number of hydrogen-bond donors (Lipinski definition) is 3. The van der Waals surface area contributed by atoms with Crippen LogP contribution < -0.4 is 16.0 Å². The Morgan fingerprint density at radius 1 is 1.35 bits per heavy atom. The van der Waals surface area contributed by atoms with Gasteiger partial charge in [-0.2, -0.15) is 0 Å². The Balaban J connectivity index is 2.82. The van der Waals surface area contributed by atoms with Gasteiger partial charge < -0.3 is 21.1 Å². The van der Waals surface area contributed by atoms with E-state index in [4.69, 9.17) is 5.73 Å². The van der Waals surface area contributed by atoms with Gasteiger partial charge in [0.15, 0.2) is 5.78 Å². The minimum absolute atomic E-state index is 0.0549. The molecule has 4 N–H and O–H groups in total. The highest BCUT2D eigenvalue weighted by atomic mass is 16.2. The fourth-order valence-corrected chi connectivity index (χ4v) is 2.07. The summed E-state index contributed by atoms with van der Waals surface area (Å²) >= 11 is 0. The highest BCUT2D eigenvalue weighted by Gasteiger charge is 2.21. The van der Waals surface area contributed by atoms with Crippen molar-refractivity contribution in [2.24, 2.45) is 10.7 Å². The number of carbonyl (C=O) groups excluding carboxylic acids is 2. The maximum atomic E-state index is 12.5. The number of nitrogens with zero attached hydrogens (tertiary/aromatic N) is 2. The van der Waals surface area contributed by atoms with E-state index in [1.807, 2.05) is 37.3 Å². The number of para-hydroxylation sites is 1. The van der Waals surface area contributed by atoms with Crippen LogP contribution in [0.25, 0.3) is 0 Å². The van der Waals surface area contributed by atoms with Crippen LogP contribution in [0.3, 0.4) is 0 Å². The molecule has 0 aliphatic rings. The van der Waals surface area contributed by atoms with Gasteiger partial charge in [-0.05, 0) is 25.1 Å². The average molecular weight is 356 g/mol. The highest BCUT2D eigenvalue weighted by Crippen LogP contribution is 2.13. The molecule has 0 radical (unpaired) electrons. The summed E-state index contributed by atoms with van der Waals surface area (Å²) in [5.41, 5.74) is 6.49. The summed E-state index contributed by atoms with van der Waals surface area (Å²) < 4.78 is 0. The number of likely N-dealkylation sites (N-methyl/N-ethyl adjacent to an activating group) is 1. The van der Waals surface area contributed by atoms with Crippen LogP contribution in [0.1, 0.15) is 6.92 Å². The van der Waals surface area contributed by atoms with Crippen LogP contribution in [-0.2, 0) is 9.59 Å². The minimum Gasteiger partial charge on any atom is -0.515 e. The average Bonchev–Trinajstić information content (AvgIpc) is 2.65. The summed E-state index contributed by atoms with van der Waals surface area (Å²) in [7, 11) is 1.57. The zero-order chi connectivity index (χ0) is 19.5. The molecule has 0 spiro atoms. The molecule has 0 bridgehead atoms. The van der Waals surface area contributed by atoms with Crippen LogP contribution in [0.15, 0.2) is 71.2 Å². The number of carbonyl (C=O) groups is 2. The molecule has 1 aromatic rings. The van der Waals surface area contributed by atoms with Gasteiger partial charge in [0.25, 0.3) is 5.91 Å². The number of aliphatic imine (C=N–C) groups is 1. The Labute approximate surface area is 153 Å². The third kappa shape index (κ3) is 5.94. The van der Waals surface area contributed by atoms with E-state index in [0.29, 0.717) is 12.8 Å². The first-order valence-electron chi connectivity index (χ1n) is 8.00. The molecule has 138 valence electrons. The van der Waals surface area contributed by atoms with E-state index in [0.717, 1.165) is 5.69 Å². The van der Waals surface area contributed by atoms with Crippen molar-refractivity contribution in [1.29, 1.82) is 0 Å². The Hall–Kier alpha value is -3.35. The summed E-state index contributed by atoms with van der Waals surface area (Å²) in [5.74, 6) is -1.31. The van der Waals surface area contributed by atoms with Gasteiger partial charge in [-0.1, -0.05) is 24.8 Å². The molecule has 26 heavy (non-hydrogen) atoms. The summed E-state index contributed by atoms with van der Waals surface area (Å²) in [5, 5.41) is 11.8. The lowest BCUT2D eigenvalue weighted by Crippen LogP contribution is -2.36. The number of anilines is 1. The Morgan fingerprint density at radius 3 is 2.54 bits per heavy atom. The van der Waals surface area contributed by atoms with Crippen LogP contribution >= 0.6 is 0 Å². The van der Waals surface area contributed by atoms with Crippen molar-refractivity contribution >= 4 is 23.6 Å². The maximum Gasteiger partial charge on any atom is 0.262 e. The van der Waals surface area contributed by atoms with E-state index in [1.165, 1.54) is 12.3 Å². The number of nitrogens with two attached hydrogens (primary N) is 1. The number of aliphatic hydroxyl groups excluding tert-OH is 1. The van der Waals surface area contributed by atoms with Crippen molar-refractivity contribution in [3.05, 3.63) is 66.2 Å². The topological polar surface area (TPSA) is 108 Å². The van der Waals surface area contributed by atoms with Crippen molar-refractivity contribution in [1.82, 2.24) is 5.32 Å². The predicted molar refractivity (Wildman–Crippen MR) is 104 cm³/mol. The van der Waals surface area contributed by atoms with Gasteiger partial charge in [0.05, 0.1) is 24.2 Å². The minimum atomic E-state index is -0.781. The smallest absolute Gasteiger partial charge is 0.262 e. The summed E-state index contributed by atoms with van der Waals surface area (Å²) in [6.07, 6.45) is 3.40. The molecule has 0 saturated carbocycles. The largest absolute Gasteiger partial charge is 0.515 e. The van der Waals surface area contributed by atoms with E-state index in [-0.39, 0.29) is 23.5 Å². The zero-order valence-electron chi connectivity index (χ0n) is 15.0. The molecule has 0 heterocycles. The van der Waals surface area contributed by atoms with Gasteiger partial charge in [0.1, 0.15) is 5.57 Å². The van der Waals surface area contributed by atoms with E-state index in [9.17, 15) is 14.7 Å². The quantitative estimate of drug-likeness (QED) is 0.156. The number of Topliss-reactive ketones (excluding diaryl/α,β-unsaturated/α-hetero) is 1. The monoisotopic (exact) mass is 356 g/mol. The van der Waals surface area contributed by atoms with Gasteiger partial charge in [-0.15, -0.1) is 0 Å². The lowest BCUT2D eigenvalue weighted by atomic mass is 10.1. The molecule has 0 aliphatic heterocycles. The third-order valence-corrected chi connectivity index (χ3v) is 3.53. The Bertz CT molecular complexity index is 736. The van der Waals surface area contributed by atoms with Crippen molar-refractivity contribution in [2.75, 3.05) is 25.0 Å². The molecule has 1 amide bonds. The molecule has 0 aromatic heterocycles. The molecule has 0 aliphatic carbocycles. The van der Waals surface area contributed by atoms with Crippen LogP contribution in [0.5, 0.6) is 0 Å². The number of amides is 1. The van der Waals surface area contributed by atoms with Crippen molar-refractivity contribution in [3.8, 4) is 0 Å². The molecule has 7 nitrogen and oxygen atoms in total. The first-order valence-corrected chi connectivity index (χ1v) is 8.00. The SMILES string of the molecule is C=C(NC(=O)C(=CO)C(=O)CN(CC)c1ccccc1)C(N)=CC=NC. The summed E-state index contributed by atoms with van der Waals surface area (Å²) in [6.45, 7) is 6.03. The molecule has 7 heteroatoms. The number of nitrogens with one attached hydrogen (secondary N) is 1. The second-order valence-corrected chi connectivity index (χ2v) is 5.28. The molecule has 0 fully saturated rings. The summed E-state index contributed by atoms with van der Waals surface area (Å²) in [6, 6.07) is 9.31. The molecule has 0 saturated heterocycles. The molecule has 0 atom stereocenters. The van der Waals surface area contributed by atoms with Crippen molar-refractivity contribution in [3.63, 3.8) is 0 Å². The van der Waals surface area contributed by atoms with E-state index in [1.54, 1.807) is 11.9 Å². The highest BCUT2D eigenvalue weighted by molar-refractivity contribution is 6.20. The number of aliphatic hydroxyl groups is 1. The molecule has 1 aromatic carbocycles. The number of ketones is 1. The zero-order valence-corrected chi connectivity index (χ0v) is 15.0. The molecular formula is C19H24N4O3. The molecule has 0 unspecified atom stereocenters. The van der Waals surface area contributed by atoms with E-state index in [2.05, 4.69) is 16.9 Å². The number of hydrogen-bond acceptors (Lipinski definition) is 6. The lowest BCUT2D eigenvalue weighted by Gasteiger charge is -2.22. The van der Waals surface area contributed by atoms with Gasteiger partial charge in [-0.25, -0.2) is 0 Å². The lowest BCUT2D eigenvalue weighted by molar-refractivity contribution is -0.121. The van der Waals surface area contributed by atoms with Gasteiger partial charge in [-0.3, -0.25) is 14.6 Å². The number of benzene rings is 1. The van der Waals surface area contributed by atoms with Gasteiger partial charge in [0, 0.05) is 25.5 Å². The van der Waals surface area contributed by atoms with Gasteiger partial charge in [0.2, 0.25) is 0 Å². The Kier molecular flexibility index (Phi) is 8.36. The maximum absolute atomic E-state index is 12.5.